The van der Waals surface area contributed by atoms with Gasteiger partial charge in [0.25, 0.3) is 5.91 Å². The molecular weight excluding hydrogens is 332 g/mol. The first-order valence-corrected chi connectivity index (χ1v) is 8.72. The number of piperidine rings is 1. The van der Waals surface area contributed by atoms with Crippen molar-refractivity contribution in [3.05, 3.63) is 47.9 Å². The average Bonchev–Trinajstić information content (AvgIpc) is 3.01. The summed E-state index contributed by atoms with van der Waals surface area (Å²) in [6, 6.07) is 9.62. The molecule has 2 aromatic rings. The molecule has 2 fully saturated rings. The van der Waals surface area contributed by atoms with E-state index in [0.29, 0.717) is 36.7 Å². The number of benzene rings is 1. The van der Waals surface area contributed by atoms with Gasteiger partial charge in [0.15, 0.2) is 0 Å². The fourth-order valence-corrected chi connectivity index (χ4v) is 3.61. The van der Waals surface area contributed by atoms with E-state index in [9.17, 15) is 9.59 Å². The lowest BCUT2D eigenvalue weighted by molar-refractivity contribution is -0.00504. The predicted octanol–water partition coefficient (Wildman–Crippen LogP) is 2.17. The van der Waals surface area contributed by atoms with Crippen molar-refractivity contribution >= 4 is 12.0 Å². The minimum Gasteiger partial charge on any atom is -0.439 e. The van der Waals surface area contributed by atoms with Crippen molar-refractivity contribution < 1.29 is 14.3 Å². The van der Waals surface area contributed by atoms with Crippen LogP contribution in [0.15, 0.2) is 36.5 Å². The maximum absolute atomic E-state index is 13.2. The summed E-state index contributed by atoms with van der Waals surface area (Å²) in [6.45, 7) is 3.25. The monoisotopic (exact) mass is 352 g/mol. The van der Waals surface area contributed by atoms with E-state index in [2.05, 4.69) is 15.3 Å². The predicted molar refractivity (Wildman–Crippen MR) is 94.6 cm³/mol. The zero-order valence-electron chi connectivity index (χ0n) is 14.6. The molecule has 0 aliphatic carbocycles. The second-order valence-electron chi connectivity index (χ2n) is 6.80. The van der Waals surface area contributed by atoms with Gasteiger partial charge in [-0.15, -0.1) is 0 Å². The second kappa shape index (κ2) is 6.40. The average molecular weight is 352 g/mol. The third-order valence-corrected chi connectivity index (χ3v) is 4.88. The molecule has 2 aliphatic rings. The summed E-state index contributed by atoms with van der Waals surface area (Å²) in [5.74, 6) is 0.482. The number of amides is 2. The van der Waals surface area contributed by atoms with Gasteiger partial charge in [-0.05, 0) is 19.8 Å². The molecular formula is C19H20N4O3. The van der Waals surface area contributed by atoms with Crippen molar-refractivity contribution in [3.8, 4) is 11.3 Å². The van der Waals surface area contributed by atoms with Gasteiger partial charge >= 0.3 is 6.09 Å². The number of hydrogen-bond acceptors (Lipinski definition) is 5. The van der Waals surface area contributed by atoms with Gasteiger partial charge in [-0.3, -0.25) is 4.79 Å². The number of carbonyl (C=O) groups excluding carboxylic acids is 2. The maximum Gasteiger partial charge on any atom is 0.407 e. The van der Waals surface area contributed by atoms with Crippen molar-refractivity contribution in [3.63, 3.8) is 0 Å². The quantitative estimate of drug-likeness (QED) is 0.895. The number of aromatic nitrogens is 2. The topological polar surface area (TPSA) is 84.4 Å². The Morgan fingerprint density at radius 2 is 2.12 bits per heavy atom. The molecule has 7 nitrogen and oxygen atoms in total. The molecule has 2 saturated heterocycles. The molecule has 26 heavy (non-hydrogen) atoms. The van der Waals surface area contributed by atoms with Crippen LogP contribution in [0.1, 0.15) is 29.0 Å². The third kappa shape index (κ3) is 3.00. The van der Waals surface area contributed by atoms with E-state index < -0.39 is 11.7 Å². The Morgan fingerprint density at radius 1 is 1.31 bits per heavy atom. The number of rotatable bonds is 2. The molecule has 0 radical (unpaired) electrons. The highest BCUT2D eigenvalue weighted by atomic mass is 16.6. The van der Waals surface area contributed by atoms with E-state index in [0.717, 1.165) is 18.4 Å². The van der Waals surface area contributed by atoms with E-state index in [4.69, 9.17) is 4.74 Å². The Balaban J connectivity index is 1.65. The first-order valence-electron chi connectivity index (χ1n) is 8.72. The summed E-state index contributed by atoms with van der Waals surface area (Å²) in [7, 11) is 0. The van der Waals surface area contributed by atoms with E-state index >= 15 is 0 Å². The van der Waals surface area contributed by atoms with E-state index in [1.54, 1.807) is 18.0 Å². The molecule has 1 aromatic carbocycles. The molecule has 3 heterocycles. The first-order chi connectivity index (χ1) is 12.6. The summed E-state index contributed by atoms with van der Waals surface area (Å²) in [4.78, 5) is 35.2. The lowest BCUT2D eigenvalue weighted by Gasteiger charge is -2.38. The van der Waals surface area contributed by atoms with Gasteiger partial charge in [0, 0.05) is 18.3 Å². The highest BCUT2D eigenvalue weighted by Crippen LogP contribution is 2.30. The number of hydrogen-bond donors (Lipinski definition) is 1. The Morgan fingerprint density at radius 3 is 2.85 bits per heavy atom. The number of nitrogens with one attached hydrogen (secondary N) is 1. The fraction of sp³-hybridized carbons (Fsp3) is 0.368. The van der Waals surface area contributed by atoms with Crippen molar-refractivity contribution in [1.29, 1.82) is 0 Å². The van der Waals surface area contributed by atoms with E-state index in [-0.39, 0.29) is 5.91 Å². The van der Waals surface area contributed by atoms with Crippen LogP contribution in [-0.4, -0.2) is 52.1 Å². The number of aryl methyl sites for hydroxylation is 1. The summed E-state index contributed by atoms with van der Waals surface area (Å²) < 4.78 is 5.46. The van der Waals surface area contributed by atoms with Crippen molar-refractivity contribution in [2.45, 2.75) is 25.4 Å². The minimum atomic E-state index is -0.622. The Hall–Kier alpha value is -2.96. The Bertz CT molecular complexity index is 855. The van der Waals surface area contributed by atoms with Gasteiger partial charge in [-0.25, -0.2) is 14.8 Å². The molecule has 1 aromatic heterocycles. The third-order valence-electron chi connectivity index (χ3n) is 4.88. The molecule has 7 heteroatoms. The fourth-order valence-electron chi connectivity index (χ4n) is 3.61. The van der Waals surface area contributed by atoms with Crippen molar-refractivity contribution in [2.24, 2.45) is 0 Å². The van der Waals surface area contributed by atoms with E-state index in [1.807, 2.05) is 30.3 Å². The van der Waals surface area contributed by atoms with Crippen LogP contribution in [0, 0.1) is 6.92 Å². The van der Waals surface area contributed by atoms with Crippen LogP contribution in [-0.2, 0) is 4.74 Å². The Kier molecular flexibility index (Phi) is 4.06. The van der Waals surface area contributed by atoms with Gasteiger partial charge in [-0.1, -0.05) is 30.3 Å². The van der Waals surface area contributed by atoms with Crippen LogP contribution in [0.5, 0.6) is 0 Å². The number of alkyl carbamates (subject to hydrolysis) is 1. The minimum absolute atomic E-state index is 0.133. The molecule has 1 N–H and O–H groups in total. The van der Waals surface area contributed by atoms with Crippen molar-refractivity contribution in [1.82, 2.24) is 20.2 Å². The molecule has 2 amide bonds. The zero-order chi connectivity index (χ0) is 18.1. The molecule has 1 atom stereocenters. The molecule has 0 saturated carbocycles. The highest BCUT2D eigenvalue weighted by molar-refractivity contribution is 5.99. The summed E-state index contributed by atoms with van der Waals surface area (Å²) >= 11 is 0. The van der Waals surface area contributed by atoms with Gasteiger partial charge < -0.3 is 15.0 Å². The summed E-state index contributed by atoms with van der Waals surface area (Å²) in [5.41, 5.74) is 1.35. The number of ether oxygens (including phenoxy) is 1. The van der Waals surface area contributed by atoms with Crippen LogP contribution < -0.4 is 5.32 Å². The maximum atomic E-state index is 13.2. The van der Waals surface area contributed by atoms with Crippen LogP contribution in [0.25, 0.3) is 11.3 Å². The summed E-state index contributed by atoms with van der Waals surface area (Å²) in [6.07, 6.45) is 2.72. The lowest BCUT2D eigenvalue weighted by Crippen LogP contribution is -2.52. The Labute approximate surface area is 151 Å². The standard InChI is InChI=1S/C19H20N4O3/c1-13-20-10-15(16(22-13)14-6-3-2-4-7-14)17(24)23-9-5-8-19(12-23)11-21-18(25)26-19/h2-4,6-7,10H,5,8-9,11-12H2,1H3,(H,21,25)/t19-/m1/s1. The molecule has 0 bridgehead atoms. The van der Waals surface area contributed by atoms with Gasteiger partial charge in [-0.2, -0.15) is 0 Å². The van der Waals surface area contributed by atoms with Crippen LogP contribution in [0.2, 0.25) is 0 Å². The molecule has 1 spiro atoms. The van der Waals surface area contributed by atoms with Crippen LogP contribution in [0.3, 0.4) is 0 Å². The smallest absolute Gasteiger partial charge is 0.407 e. The van der Waals surface area contributed by atoms with Crippen molar-refractivity contribution in [2.75, 3.05) is 19.6 Å². The largest absolute Gasteiger partial charge is 0.439 e. The normalized spacial score (nSPS) is 22.2. The van der Waals surface area contributed by atoms with Crippen LogP contribution >= 0.6 is 0 Å². The lowest BCUT2D eigenvalue weighted by atomic mass is 9.92. The highest BCUT2D eigenvalue weighted by Gasteiger charge is 2.45. The molecule has 0 unspecified atom stereocenters. The molecule has 134 valence electrons. The first kappa shape index (κ1) is 16.5. The molecule has 2 aliphatic heterocycles. The number of likely N-dealkylation sites (tertiary alicyclic amines) is 1. The summed E-state index contributed by atoms with van der Waals surface area (Å²) in [5, 5.41) is 2.70. The van der Waals surface area contributed by atoms with Crippen LogP contribution in [0.4, 0.5) is 4.79 Å². The van der Waals surface area contributed by atoms with Gasteiger partial charge in [0.1, 0.15) is 11.4 Å². The zero-order valence-corrected chi connectivity index (χ0v) is 14.6. The van der Waals surface area contributed by atoms with Gasteiger partial charge in [0.05, 0.1) is 24.3 Å². The number of carbonyl (C=O) groups is 2. The number of nitrogens with zero attached hydrogens (tertiary/aromatic N) is 3. The second-order valence-corrected chi connectivity index (χ2v) is 6.80. The molecule has 4 rings (SSSR count). The van der Waals surface area contributed by atoms with E-state index in [1.165, 1.54) is 0 Å². The SMILES string of the molecule is Cc1ncc(C(=O)N2CCC[C@@]3(CNC(=O)O3)C2)c(-c2ccccc2)n1. The van der Waals surface area contributed by atoms with Gasteiger partial charge in [0.2, 0.25) is 0 Å².